The zero-order valence-electron chi connectivity index (χ0n) is 12.1. The Balaban J connectivity index is 2.00. The summed E-state index contributed by atoms with van der Waals surface area (Å²) in [6.45, 7) is 5.28. The lowest BCUT2D eigenvalue weighted by Crippen LogP contribution is -2.23. The summed E-state index contributed by atoms with van der Waals surface area (Å²) in [6.07, 6.45) is 4.47. The second-order valence-corrected chi connectivity index (χ2v) is 5.64. The third-order valence-corrected chi connectivity index (χ3v) is 3.99. The summed E-state index contributed by atoms with van der Waals surface area (Å²) in [5.74, 6) is 0.0633. The van der Waals surface area contributed by atoms with Crippen LogP contribution in [0, 0.1) is 6.92 Å². The van der Waals surface area contributed by atoms with Gasteiger partial charge in [0.05, 0.1) is 0 Å². The van der Waals surface area contributed by atoms with E-state index in [0.717, 1.165) is 24.1 Å². The molecule has 0 saturated carbocycles. The van der Waals surface area contributed by atoms with Crippen molar-refractivity contribution in [2.75, 3.05) is 17.6 Å². The number of pyridine rings is 1. The lowest BCUT2D eigenvalue weighted by atomic mass is 10.1. The molecule has 0 aliphatic rings. The summed E-state index contributed by atoms with van der Waals surface area (Å²) in [5, 5.41) is 6.67. The summed E-state index contributed by atoms with van der Waals surface area (Å²) in [7, 11) is 0. The van der Waals surface area contributed by atoms with Gasteiger partial charge in [-0.05, 0) is 30.5 Å². The third-order valence-electron chi connectivity index (χ3n) is 2.96. The fourth-order valence-corrected chi connectivity index (χ4v) is 2.59. The molecule has 4 N–H and O–H groups in total. The number of hydrogen-bond acceptors (Lipinski definition) is 6. The predicted molar refractivity (Wildman–Crippen MR) is 85.5 cm³/mol. The Morgan fingerprint density at radius 1 is 1.48 bits per heavy atom. The van der Waals surface area contributed by atoms with Gasteiger partial charge in [-0.3, -0.25) is 9.78 Å². The Bertz CT molecular complexity index is 626. The Hall–Kier alpha value is -2.15. The van der Waals surface area contributed by atoms with Crippen molar-refractivity contribution in [3.8, 4) is 0 Å². The molecule has 0 spiro atoms. The maximum Gasteiger partial charge on any atom is 0.265 e. The highest BCUT2D eigenvalue weighted by Gasteiger charge is 2.15. The Morgan fingerprint density at radius 3 is 3.00 bits per heavy atom. The highest BCUT2D eigenvalue weighted by Crippen LogP contribution is 2.24. The van der Waals surface area contributed by atoms with E-state index in [0.29, 0.717) is 16.6 Å². The molecule has 2 aromatic rings. The van der Waals surface area contributed by atoms with Gasteiger partial charge in [0.15, 0.2) is 5.13 Å². The molecule has 0 saturated heterocycles. The van der Waals surface area contributed by atoms with E-state index >= 15 is 0 Å². The standard InChI is InChI=1S/C14H19N5OS/c1-3-5-17-14-19-12(15)11(21-14)13(20)18-8-10-4-6-16-7-9(10)2/h4,6-7H,3,5,8,15H2,1-2H3,(H,17,19)(H,18,20). The van der Waals surface area contributed by atoms with Crippen molar-refractivity contribution < 1.29 is 4.79 Å². The zero-order valence-corrected chi connectivity index (χ0v) is 13.0. The van der Waals surface area contributed by atoms with Crippen molar-refractivity contribution in [1.82, 2.24) is 15.3 Å². The highest BCUT2D eigenvalue weighted by molar-refractivity contribution is 7.18. The van der Waals surface area contributed by atoms with Crippen molar-refractivity contribution in [3.63, 3.8) is 0 Å². The van der Waals surface area contributed by atoms with Gasteiger partial charge in [0.1, 0.15) is 10.7 Å². The van der Waals surface area contributed by atoms with Crippen LogP contribution in [0.3, 0.4) is 0 Å². The maximum absolute atomic E-state index is 12.2. The average Bonchev–Trinajstić information content (AvgIpc) is 2.85. The molecule has 1 amide bonds. The SMILES string of the molecule is CCCNc1nc(N)c(C(=O)NCc2ccncc2C)s1. The van der Waals surface area contributed by atoms with Gasteiger partial charge >= 0.3 is 0 Å². The first kappa shape index (κ1) is 15.2. The van der Waals surface area contributed by atoms with Gasteiger partial charge < -0.3 is 16.4 Å². The minimum absolute atomic E-state index is 0.203. The molecule has 0 aliphatic carbocycles. The molecular formula is C14H19N5OS. The fourth-order valence-electron chi connectivity index (χ4n) is 1.76. The van der Waals surface area contributed by atoms with Gasteiger partial charge in [0, 0.05) is 25.5 Å². The molecule has 2 rings (SSSR count). The van der Waals surface area contributed by atoms with Crippen molar-refractivity contribution in [2.45, 2.75) is 26.8 Å². The number of nitrogens with two attached hydrogens (primary N) is 1. The van der Waals surface area contributed by atoms with E-state index in [9.17, 15) is 4.79 Å². The largest absolute Gasteiger partial charge is 0.382 e. The van der Waals surface area contributed by atoms with E-state index in [1.54, 1.807) is 12.4 Å². The second-order valence-electron chi connectivity index (χ2n) is 4.64. The summed E-state index contributed by atoms with van der Waals surface area (Å²) < 4.78 is 0. The number of aryl methyl sites for hydroxylation is 1. The van der Waals surface area contributed by atoms with Gasteiger partial charge in [-0.25, -0.2) is 4.98 Å². The molecule has 0 unspecified atom stereocenters. The van der Waals surface area contributed by atoms with Gasteiger partial charge in [-0.2, -0.15) is 0 Å². The molecule has 0 aliphatic heterocycles. The fraction of sp³-hybridized carbons (Fsp3) is 0.357. The van der Waals surface area contributed by atoms with Crippen LogP contribution in [0.5, 0.6) is 0 Å². The Labute approximate surface area is 127 Å². The van der Waals surface area contributed by atoms with Gasteiger partial charge in [0.25, 0.3) is 5.91 Å². The van der Waals surface area contributed by atoms with Crippen molar-refractivity contribution >= 4 is 28.2 Å². The van der Waals surface area contributed by atoms with E-state index in [4.69, 9.17) is 5.73 Å². The monoisotopic (exact) mass is 305 g/mol. The van der Waals surface area contributed by atoms with E-state index in [2.05, 4.69) is 27.5 Å². The van der Waals surface area contributed by atoms with E-state index in [1.807, 2.05) is 13.0 Å². The van der Waals surface area contributed by atoms with Crippen LogP contribution in [0.1, 0.15) is 34.1 Å². The van der Waals surface area contributed by atoms with Crippen LogP contribution in [-0.4, -0.2) is 22.4 Å². The Kier molecular flexibility index (Phi) is 5.10. The molecule has 0 atom stereocenters. The highest BCUT2D eigenvalue weighted by atomic mass is 32.1. The van der Waals surface area contributed by atoms with Crippen LogP contribution in [0.25, 0.3) is 0 Å². The molecule has 0 radical (unpaired) electrons. The van der Waals surface area contributed by atoms with E-state index in [1.165, 1.54) is 11.3 Å². The topological polar surface area (TPSA) is 92.9 Å². The van der Waals surface area contributed by atoms with Gasteiger partial charge in [-0.15, -0.1) is 0 Å². The quantitative estimate of drug-likeness (QED) is 0.760. The number of rotatable bonds is 6. The van der Waals surface area contributed by atoms with Crippen LogP contribution in [0.4, 0.5) is 10.9 Å². The van der Waals surface area contributed by atoms with E-state index < -0.39 is 0 Å². The molecular weight excluding hydrogens is 286 g/mol. The second kappa shape index (κ2) is 7.03. The number of thiazole rings is 1. The molecule has 112 valence electrons. The normalized spacial score (nSPS) is 10.4. The lowest BCUT2D eigenvalue weighted by molar-refractivity contribution is 0.0955. The minimum atomic E-state index is -0.203. The number of nitrogen functional groups attached to an aromatic ring is 1. The van der Waals surface area contributed by atoms with Crippen LogP contribution < -0.4 is 16.4 Å². The van der Waals surface area contributed by atoms with Crippen LogP contribution >= 0.6 is 11.3 Å². The minimum Gasteiger partial charge on any atom is -0.382 e. The number of carbonyl (C=O) groups is 1. The number of anilines is 2. The number of carbonyl (C=O) groups excluding carboxylic acids is 1. The molecule has 2 aromatic heterocycles. The third kappa shape index (κ3) is 3.91. The number of nitrogens with zero attached hydrogens (tertiary/aromatic N) is 2. The summed E-state index contributed by atoms with van der Waals surface area (Å²) in [5.41, 5.74) is 7.88. The van der Waals surface area contributed by atoms with Crippen molar-refractivity contribution in [3.05, 3.63) is 34.5 Å². The first-order valence-corrected chi connectivity index (χ1v) is 7.61. The van der Waals surface area contributed by atoms with Crippen LogP contribution in [0.2, 0.25) is 0 Å². The average molecular weight is 305 g/mol. The number of amides is 1. The molecule has 0 fully saturated rings. The lowest BCUT2D eigenvalue weighted by Gasteiger charge is -2.06. The maximum atomic E-state index is 12.2. The summed E-state index contributed by atoms with van der Waals surface area (Å²) in [6, 6.07) is 1.89. The number of aromatic nitrogens is 2. The molecule has 7 heteroatoms. The smallest absolute Gasteiger partial charge is 0.265 e. The van der Waals surface area contributed by atoms with Crippen molar-refractivity contribution in [2.24, 2.45) is 0 Å². The molecule has 0 bridgehead atoms. The van der Waals surface area contributed by atoms with Crippen molar-refractivity contribution in [1.29, 1.82) is 0 Å². The van der Waals surface area contributed by atoms with Gasteiger partial charge in [-0.1, -0.05) is 18.3 Å². The predicted octanol–water partition coefficient (Wildman–Crippen LogP) is 2.18. The molecule has 0 aromatic carbocycles. The number of hydrogen-bond donors (Lipinski definition) is 3. The summed E-state index contributed by atoms with van der Waals surface area (Å²) >= 11 is 1.28. The molecule has 21 heavy (non-hydrogen) atoms. The first-order chi connectivity index (χ1) is 10.1. The van der Waals surface area contributed by atoms with Crippen LogP contribution in [-0.2, 0) is 6.54 Å². The van der Waals surface area contributed by atoms with Gasteiger partial charge in [0.2, 0.25) is 0 Å². The zero-order chi connectivity index (χ0) is 15.2. The first-order valence-electron chi connectivity index (χ1n) is 6.79. The number of nitrogens with one attached hydrogen (secondary N) is 2. The van der Waals surface area contributed by atoms with Crippen LogP contribution in [0.15, 0.2) is 18.5 Å². The summed E-state index contributed by atoms with van der Waals surface area (Å²) in [4.78, 5) is 20.8. The van der Waals surface area contributed by atoms with E-state index in [-0.39, 0.29) is 11.7 Å². The molecule has 6 nitrogen and oxygen atoms in total. The molecule has 2 heterocycles. The Morgan fingerprint density at radius 2 is 2.29 bits per heavy atom.